The molecule has 0 aliphatic rings. The molecule has 0 spiro atoms. The summed E-state index contributed by atoms with van der Waals surface area (Å²) in [7, 11) is 0. The first-order valence-corrected chi connectivity index (χ1v) is 8.27. The highest BCUT2D eigenvalue weighted by molar-refractivity contribution is 6.31. The van der Waals surface area contributed by atoms with Gasteiger partial charge in [-0.15, -0.1) is 0 Å². The highest BCUT2D eigenvalue weighted by Crippen LogP contribution is 2.23. The lowest BCUT2D eigenvalue weighted by atomic mass is 10.1. The quantitative estimate of drug-likeness (QED) is 0.734. The van der Waals surface area contributed by atoms with Gasteiger partial charge in [0.05, 0.1) is 22.4 Å². The minimum Gasteiger partial charge on any atom is -0.479 e. The molecule has 6 nitrogen and oxygen atoms in total. The molecular weight excluding hydrogens is 354 g/mol. The fourth-order valence-electron chi connectivity index (χ4n) is 2.57. The molecule has 0 fully saturated rings. The second-order valence-corrected chi connectivity index (χ2v) is 6.27. The SMILES string of the molecule is Cc1nc2ccc(C(=O)NC(C(=O)O)c3ccccc3Cl)cc2nc1C. The van der Waals surface area contributed by atoms with E-state index in [1.165, 1.54) is 0 Å². The number of nitrogens with zero attached hydrogens (tertiary/aromatic N) is 2. The van der Waals surface area contributed by atoms with Crippen molar-refractivity contribution < 1.29 is 14.7 Å². The average molecular weight is 370 g/mol. The molecular formula is C19H16ClN3O3. The van der Waals surface area contributed by atoms with E-state index >= 15 is 0 Å². The zero-order chi connectivity index (χ0) is 18.8. The molecule has 1 amide bonds. The van der Waals surface area contributed by atoms with Gasteiger partial charge in [0.1, 0.15) is 0 Å². The Labute approximate surface area is 154 Å². The van der Waals surface area contributed by atoms with Gasteiger partial charge in [-0.05, 0) is 38.1 Å². The Balaban J connectivity index is 1.93. The molecule has 26 heavy (non-hydrogen) atoms. The summed E-state index contributed by atoms with van der Waals surface area (Å²) in [5.41, 5.74) is 3.46. The normalized spacial score (nSPS) is 12.0. The van der Waals surface area contributed by atoms with E-state index in [9.17, 15) is 14.7 Å². The Kier molecular flexibility index (Phi) is 4.86. The minimum atomic E-state index is -1.25. The van der Waals surface area contributed by atoms with Crippen LogP contribution in [0, 0.1) is 13.8 Å². The lowest BCUT2D eigenvalue weighted by molar-refractivity contribution is -0.139. The molecule has 0 saturated carbocycles. The van der Waals surface area contributed by atoms with Gasteiger partial charge in [-0.2, -0.15) is 0 Å². The predicted octanol–water partition coefficient (Wildman–Crippen LogP) is 3.46. The zero-order valence-electron chi connectivity index (χ0n) is 14.2. The molecule has 2 aromatic carbocycles. The molecule has 3 rings (SSSR count). The molecule has 7 heteroatoms. The van der Waals surface area contributed by atoms with Gasteiger partial charge in [-0.3, -0.25) is 4.79 Å². The lowest BCUT2D eigenvalue weighted by Crippen LogP contribution is -2.34. The summed E-state index contributed by atoms with van der Waals surface area (Å²) in [4.78, 5) is 33.0. The van der Waals surface area contributed by atoms with E-state index in [4.69, 9.17) is 11.6 Å². The van der Waals surface area contributed by atoms with Crippen molar-refractivity contribution >= 4 is 34.5 Å². The maximum absolute atomic E-state index is 12.6. The Bertz CT molecular complexity index is 1020. The molecule has 132 valence electrons. The van der Waals surface area contributed by atoms with Crippen LogP contribution in [0.1, 0.15) is 33.4 Å². The summed E-state index contributed by atoms with van der Waals surface area (Å²) in [5, 5.41) is 12.3. The molecule has 0 radical (unpaired) electrons. The second kappa shape index (κ2) is 7.09. The summed E-state index contributed by atoms with van der Waals surface area (Å²) < 4.78 is 0. The van der Waals surface area contributed by atoms with E-state index in [1.54, 1.807) is 42.5 Å². The average Bonchev–Trinajstić information content (AvgIpc) is 2.60. The van der Waals surface area contributed by atoms with Crippen molar-refractivity contribution in [1.82, 2.24) is 15.3 Å². The number of halogens is 1. The number of benzene rings is 2. The third kappa shape index (κ3) is 3.50. The third-order valence-electron chi connectivity index (χ3n) is 4.08. The van der Waals surface area contributed by atoms with Crippen molar-refractivity contribution in [3.63, 3.8) is 0 Å². The van der Waals surface area contributed by atoms with Crippen molar-refractivity contribution in [1.29, 1.82) is 0 Å². The van der Waals surface area contributed by atoms with Gasteiger partial charge >= 0.3 is 5.97 Å². The summed E-state index contributed by atoms with van der Waals surface area (Å²) >= 11 is 6.07. The number of aliphatic carboxylic acids is 1. The zero-order valence-corrected chi connectivity index (χ0v) is 14.9. The molecule has 2 N–H and O–H groups in total. The molecule has 1 atom stereocenters. The first kappa shape index (κ1) is 17.8. The minimum absolute atomic E-state index is 0.274. The van der Waals surface area contributed by atoms with Crippen LogP contribution in [0.5, 0.6) is 0 Å². The summed E-state index contributed by atoms with van der Waals surface area (Å²) in [6.45, 7) is 3.70. The van der Waals surface area contributed by atoms with E-state index in [-0.39, 0.29) is 5.02 Å². The largest absolute Gasteiger partial charge is 0.479 e. The number of carboxylic acid groups (broad SMARTS) is 1. The fourth-order valence-corrected chi connectivity index (χ4v) is 2.81. The number of hydrogen-bond acceptors (Lipinski definition) is 4. The fraction of sp³-hybridized carbons (Fsp3) is 0.158. The molecule has 0 aliphatic carbocycles. The summed E-state index contributed by atoms with van der Waals surface area (Å²) in [6, 6.07) is 10.1. The van der Waals surface area contributed by atoms with Crippen molar-refractivity contribution in [3.05, 3.63) is 70.0 Å². The first-order valence-electron chi connectivity index (χ1n) is 7.90. The molecule has 1 aromatic heterocycles. The standard InChI is InChI=1S/C19H16ClN3O3/c1-10-11(2)22-16-9-12(7-8-15(16)21-10)18(24)23-17(19(25)26)13-5-3-4-6-14(13)20/h3-9,17H,1-2H3,(H,23,24)(H,25,26). The van der Waals surface area contributed by atoms with E-state index < -0.39 is 17.9 Å². The van der Waals surface area contributed by atoms with Crippen molar-refractivity contribution in [3.8, 4) is 0 Å². The maximum Gasteiger partial charge on any atom is 0.330 e. The Morgan fingerprint density at radius 3 is 2.35 bits per heavy atom. The maximum atomic E-state index is 12.6. The molecule has 3 aromatic rings. The lowest BCUT2D eigenvalue weighted by Gasteiger charge is -2.16. The van der Waals surface area contributed by atoms with Gasteiger partial charge in [0, 0.05) is 16.1 Å². The van der Waals surface area contributed by atoms with Crippen molar-refractivity contribution in [2.45, 2.75) is 19.9 Å². The van der Waals surface area contributed by atoms with E-state index in [0.29, 0.717) is 22.2 Å². The number of aromatic nitrogens is 2. The van der Waals surface area contributed by atoms with Crippen LogP contribution < -0.4 is 5.32 Å². The molecule has 0 bridgehead atoms. The predicted molar refractivity (Wildman–Crippen MR) is 98.3 cm³/mol. The number of hydrogen-bond donors (Lipinski definition) is 2. The van der Waals surface area contributed by atoms with Crippen LogP contribution in [0.2, 0.25) is 5.02 Å². The number of nitrogens with one attached hydrogen (secondary N) is 1. The van der Waals surface area contributed by atoms with Gasteiger partial charge in [0.25, 0.3) is 5.91 Å². The van der Waals surface area contributed by atoms with Gasteiger partial charge in [-0.1, -0.05) is 29.8 Å². The van der Waals surface area contributed by atoms with Crippen LogP contribution in [0.4, 0.5) is 0 Å². The topological polar surface area (TPSA) is 92.2 Å². The summed E-state index contributed by atoms with van der Waals surface area (Å²) in [5.74, 6) is -1.72. The number of carboxylic acids is 1. The van der Waals surface area contributed by atoms with Crippen LogP contribution in [0.15, 0.2) is 42.5 Å². The summed E-state index contributed by atoms with van der Waals surface area (Å²) in [6.07, 6.45) is 0. The van der Waals surface area contributed by atoms with Gasteiger partial charge in [-0.25, -0.2) is 14.8 Å². The smallest absolute Gasteiger partial charge is 0.330 e. The number of amides is 1. The molecule has 0 saturated heterocycles. The highest BCUT2D eigenvalue weighted by Gasteiger charge is 2.24. The Morgan fingerprint density at radius 2 is 1.69 bits per heavy atom. The van der Waals surface area contributed by atoms with Gasteiger partial charge < -0.3 is 10.4 Å². The third-order valence-corrected chi connectivity index (χ3v) is 4.42. The van der Waals surface area contributed by atoms with E-state index in [0.717, 1.165) is 11.4 Å². The number of carbonyl (C=O) groups excluding carboxylic acids is 1. The van der Waals surface area contributed by atoms with E-state index in [1.807, 2.05) is 13.8 Å². The molecule has 1 heterocycles. The van der Waals surface area contributed by atoms with Gasteiger partial charge in [0.2, 0.25) is 0 Å². The number of rotatable bonds is 4. The second-order valence-electron chi connectivity index (χ2n) is 5.86. The number of fused-ring (bicyclic) bond motifs is 1. The van der Waals surface area contributed by atoms with E-state index in [2.05, 4.69) is 15.3 Å². The van der Waals surface area contributed by atoms with Crippen LogP contribution in [0.3, 0.4) is 0 Å². The Hall–Kier alpha value is -2.99. The van der Waals surface area contributed by atoms with Crippen molar-refractivity contribution in [2.75, 3.05) is 0 Å². The first-order chi connectivity index (χ1) is 12.4. The monoisotopic (exact) mass is 369 g/mol. The Morgan fingerprint density at radius 1 is 1.04 bits per heavy atom. The number of aryl methyl sites for hydroxylation is 2. The van der Waals surface area contributed by atoms with Crippen molar-refractivity contribution in [2.24, 2.45) is 0 Å². The molecule has 1 unspecified atom stereocenters. The molecule has 0 aliphatic heterocycles. The highest BCUT2D eigenvalue weighted by atomic mass is 35.5. The van der Waals surface area contributed by atoms with Crippen LogP contribution in [0.25, 0.3) is 11.0 Å². The number of carbonyl (C=O) groups is 2. The van der Waals surface area contributed by atoms with Gasteiger partial charge in [0.15, 0.2) is 6.04 Å². The van der Waals surface area contributed by atoms with Crippen LogP contribution in [-0.2, 0) is 4.79 Å². The van der Waals surface area contributed by atoms with Crippen LogP contribution in [-0.4, -0.2) is 27.0 Å². The van der Waals surface area contributed by atoms with Crippen LogP contribution >= 0.6 is 11.6 Å².